The maximum absolute atomic E-state index is 4.54. The van der Waals surface area contributed by atoms with Crippen molar-refractivity contribution in [2.24, 2.45) is 0 Å². The molecule has 1 fully saturated rings. The lowest BCUT2D eigenvalue weighted by Crippen LogP contribution is -2.54. The first-order valence-electron chi connectivity index (χ1n) is 6.59. The highest BCUT2D eigenvalue weighted by atomic mass is 15.2. The zero-order valence-corrected chi connectivity index (χ0v) is 10.9. The third-order valence-corrected chi connectivity index (χ3v) is 3.51. The van der Waals surface area contributed by atoms with E-state index in [1.165, 1.54) is 11.1 Å². The number of aromatic nitrogens is 1. The van der Waals surface area contributed by atoms with Gasteiger partial charge in [0.15, 0.2) is 0 Å². The van der Waals surface area contributed by atoms with Crippen LogP contribution in [0.1, 0.15) is 13.8 Å². The summed E-state index contributed by atoms with van der Waals surface area (Å²) >= 11 is 0. The molecular formula is C15H19N3. The summed E-state index contributed by atoms with van der Waals surface area (Å²) in [6.07, 6.45) is 1.88. The summed E-state index contributed by atoms with van der Waals surface area (Å²) in [7, 11) is 0. The predicted molar refractivity (Wildman–Crippen MR) is 76.0 cm³/mol. The molecule has 3 rings (SSSR count). The number of fused-ring (bicyclic) bond motifs is 1. The molecule has 1 N–H and O–H groups in total. The molecule has 0 saturated carbocycles. The van der Waals surface area contributed by atoms with Gasteiger partial charge in [0.2, 0.25) is 0 Å². The number of piperazine rings is 1. The Morgan fingerprint density at radius 2 is 1.83 bits per heavy atom. The first-order chi connectivity index (χ1) is 8.74. The van der Waals surface area contributed by atoms with E-state index in [9.17, 15) is 0 Å². The Morgan fingerprint density at radius 1 is 1.11 bits per heavy atom. The van der Waals surface area contributed by atoms with Gasteiger partial charge in [0.25, 0.3) is 0 Å². The molecule has 1 aromatic carbocycles. The highest BCUT2D eigenvalue weighted by molar-refractivity contribution is 5.90. The van der Waals surface area contributed by atoms with Crippen LogP contribution < -0.4 is 10.2 Å². The summed E-state index contributed by atoms with van der Waals surface area (Å²) in [5, 5.41) is 4.78. The summed E-state index contributed by atoms with van der Waals surface area (Å²) in [6, 6.07) is 11.6. The first-order valence-corrected chi connectivity index (χ1v) is 6.59. The summed E-state index contributed by atoms with van der Waals surface area (Å²) in [5.74, 6) is 0. The lowest BCUT2D eigenvalue weighted by molar-refractivity contribution is 0.407. The fraction of sp³-hybridized carbons (Fsp3) is 0.400. The van der Waals surface area contributed by atoms with E-state index in [4.69, 9.17) is 0 Å². The second kappa shape index (κ2) is 4.58. The lowest BCUT2D eigenvalue weighted by Gasteiger charge is -2.37. The topological polar surface area (TPSA) is 28.2 Å². The molecule has 1 aromatic heterocycles. The quantitative estimate of drug-likeness (QED) is 0.831. The second-order valence-electron chi connectivity index (χ2n) is 5.23. The van der Waals surface area contributed by atoms with E-state index in [-0.39, 0.29) is 0 Å². The molecule has 3 nitrogen and oxygen atoms in total. The van der Waals surface area contributed by atoms with E-state index in [1.54, 1.807) is 0 Å². The summed E-state index contributed by atoms with van der Waals surface area (Å²) < 4.78 is 0. The maximum Gasteiger partial charge on any atom is 0.0935 e. The van der Waals surface area contributed by atoms with E-state index in [1.807, 2.05) is 12.3 Å². The van der Waals surface area contributed by atoms with E-state index < -0.39 is 0 Å². The average Bonchev–Trinajstić information content (AvgIpc) is 2.37. The van der Waals surface area contributed by atoms with Gasteiger partial charge >= 0.3 is 0 Å². The van der Waals surface area contributed by atoms with Gasteiger partial charge in [-0.2, -0.15) is 0 Å². The zero-order chi connectivity index (χ0) is 12.5. The molecule has 18 heavy (non-hydrogen) atoms. The van der Waals surface area contributed by atoms with Crippen molar-refractivity contribution in [2.75, 3.05) is 18.0 Å². The van der Waals surface area contributed by atoms with Crippen LogP contribution in [0.5, 0.6) is 0 Å². The average molecular weight is 241 g/mol. The molecule has 2 aromatic rings. The first kappa shape index (κ1) is 11.5. The van der Waals surface area contributed by atoms with E-state index in [0.717, 1.165) is 18.6 Å². The van der Waals surface area contributed by atoms with Crippen LogP contribution in [-0.2, 0) is 0 Å². The SMILES string of the molecule is CC1CN(c2cccc3cccnc23)CC(C)N1. The molecule has 2 atom stereocenters. The van der Waals surface area contributed by atoms with Crippen LogP contribution in [-0.4, -0.2) is 30.2 Å². The van der Waals surface area contributed by atoms with Gasteiger partial charge in [-0.1, -0.05) is 18.2 Å². The van der Waals surface area contributed by atoms with E-state index in [0.29, 0.717) is 12.1 Å². The summed E-state index contributed by atoms with van der Waals surface area (Å²) in [5.41, 5.74) is 2.37. The molecule has 94 valence electrons. The van der Waals surface area contributed by atoms with E-state index >= 15 is 0 Å². The van der Waals surface area contributed by atoms with Crippen LogP contribution >= 0.6 is 0 Å². The maximum atomic E-state index is 4.54. The van der Waals surface area contributed by atoms with Crippen molar-refractivity contribution in [1.29, 1.82) is 0 Å². The van der Waals surface area contributed by atoms with Gasteiger partial charge in [-0.15, -0.1) is 0 Å². The Kier molecular flexibility index (Phi) is 2.92. The minimum Gasteiger partial charge on any atom is -0.367 e. The van der Waals surface area contributed by atoms with Crippen LogP contribution in [0.4, 0.5) is 5.69 Å². The fourth-order valence-electron chi connectivity index (χ4n) is 2.87. The minimum atomic E-state index is 0.521. The van der Waals surface area contributed by atoms with Crippen LogP contribution in [0, 0.1) is 0 Å². The Labute approximate surface area is 108 Å². The predicted octanol–water partition coefficient (Wildman–Crippen LogP) is 2.42. The molecule has 0 spiro atoms. The van der Waals surface area contributed by atoms with Gasteiger partial charge < -0.3 is 10.2 Å². The van der Waals surface area contributed by atoms with Crippen LogP contribution in [0.3, 0.4) is 0 Å². The molecule has 1 aliphatic rings. The summed E-state index contributed by atoms with van der Waals surface area (Å²) in [6.45, 7) is 6.56. The van der Waals surface area contributed by atoms with Crippen molar-refractivity contribution < 1.29 is 0 Å². The molecule has 2 heterocycles. The van der Waals surface area contributed by atoms with Crippen molar-refractivity contribution in [2.45, 2.75) is 25.9 Å². The molecular weight excluding hydrogens is 222 g/mol. The number of hydrogen-bond donors (Lipinski definition) is 1. The molecule has 3 heteroatoms. The minimum absolute atomic E-state index is 0.521. The highest BCUT2D eigenvalue weighted by Gasteiger charge is 2.22. The number of benzene rings is 1. The number of pyridine rings is 1. The van der Waals surface area contributed by atoms with Crippen LogP contribution in [0.2, 0.25) is 0 Å². The number of hydrogen-bond acceptors (Lipinski definition) is 3. The zero-order valence-electron chi connectivity index (χ0n) is 10.9. The van der Waals surface area contributed by atoms with Gasteiger partial charge in [-0.3, -0.25) is 4.98 Å². The van der Waals surface area contributed by atoms with Gasteiger partial charge in [-0.05, 0) is 26.0 Å². The molecule has 0 amide bonds. The largest absolute Gasteiger partial charge is 0.367 e. The third kappa shape index (κ3) is 2.06. The third-order valence-electron chi connectivity index (χ3n) is 3.51. The Morgan fingerprint density at radius 3 is 2.61 bits per heavy atom. The molecule has 1 aliphatic heterocycles. The van der Waals surface area contributed by atoms with Crippen molar-refractivity contribution in [1.82, 2.24) is 10.3 Å². The number of rotatable bonds is 1. The molecule has 0 bridgehead atoms. The van der Waals surface area contributed by atoms with Crippen molar-refractivity contribution >= 4 is 16.6 Å². The molecule has 1 saturated heterocycles. The van der Waals surface area contributed by atoms with E-state index in [2.05, 4.69) is 53.3 Å². The smallest absolute Gasteiger partial charge is 0.0935 e. The Hall–Kier alpha value is -1.61. The van der Waals surface area contributed by atoms with Gasteiger partial charge in [0.1, 0.15) is 0 Å². The highest BCUT2D eigenvalue weighted by Crippen LogP contribution is 2.26. The molecule has 0 aliphatic carbocycles. The van der Waals surface area contributed by atoms with Crippen LogP contribution in [0.15, 0.2) is 36.5 Å². The van der Waals surface area contributed by atoms with Crippen molar-refractivity contribution in [3.05, 3.63) is 36.5 Å². The Balaban J connectivity index is 2.03. The molecule has 0 radical (unpaired) electrons. The number of anilines is 1. The number of para-hydroxylation sites is 1. The van der Waals surface area contributed by atoms with Gasteiger partial charge in [-0.25, -0.2) is 0 Å². The van der Waals surface area contributed by atoms with Crippen molar-refractivity contribution in [3.63, 3.8) is 0 Å². The normalized spacial score (nSPS) is 24.4. The summed E-state index contributed by atoms with van der Waals surface area (Å²) in [4.78, 5) is 6.99. The fourth-order valence-corrected chi connectivity index (χ4v) is 2.87. The Bertz CT molecular complexity index is 537. The second-order valence-corrected chi connectivity index (χ2v) is 5.23. The van der Waals surface area contributed by atoms with Gasteiger partial charge in [0.05, 0.1) is 11.2 Å². The molecule has 2 unspecified atom stereocenters. The number of nitrogens with zero attached hydrogens (tertiary/aromatic N) is 2. The monoisotopic (exact) mass is 241 g/mol. The van der Waals surface area contributed by atoms with Crippen molar-refractivity contribution in [3.8, 4) is 0 Å². The lowest BCUT2D eigenvalue weighted by atomic mass is 10.1. The van der Waals surface area contributed by atoms with Crippen LogP contribution in [0.25, 0.3) is 10.9 Å². The standard InChI is InChI=1S/C15H19N3/c1-11-9-18(10-12(2)17-11)14-7-3-5-13-6-4-8-16-15(13)14/h3-8,11-12,17H,9-10H2,1-2H3. The number of nitrogens with one attached hydrogen (secondary N) is 1. The van der Waals surface area contributed by atoms with Gasteiger partial charge in [0, 0.05) is 36.8 Å².